The Morgan fingerprint density at radius 2 is 1.81 bits per heavy atom. The minimum atomic E-state index is -0.304. The zero-order valence-corrected chi connectivity index (χ0v) is 20.3. The molecule has 0 unspecified atom stereocenters. The molecule has 0 spiro atoms. The first-order valence-corrected chi connectivity index (χ1v) is 12.2. The minimum absolute atomic E-state index is 0.172. The third-order valence-corrected chi connectivity index (χ3v) is 6.65. The van der Waals surface area contributed by atoms with Crippen molar-refractivity contribution in [2.24, 2.45) is 5.73 Å². The first kappa shape index (κ1) is 23.9. The number of morpholine rings is 1. The van der Waals surface area contributed by atoms with Gasteiger partial charge in [-0.05, 0) is 37.1 Å². The number of urea groups is 1. The molecule has 4 N–H and O–H groups in total. The van der Waals surface area contributed by atoms with Crippen molar-refractivity contribution in [1.82, 2.24) is 30.0 Å². The average Bonchev–Trinajstić information content (AvgIpc) is 3.33. The van der Waals surface area contributed by atoms with E-state index in [1.807, 2.05) is 35.1 Å². The highest BCUT2D eigenvalue weighted by Gasteiger charge is 2.26. The van der Waals surface area contributed by atoms with Crippen molar-refractivity contribution in [1.29, 1.82) is 0 Å². The Balaban J connectivity index is 1.49. The van der Waals surface area contributed by atoms with Gasteiger partial charge in [-0.1, -0.05) is 0 Å². The Morgan fingerprint density at radius 1 is 1.08 bits per heavy atom. The number of anilines is 2. The topological polar surface area (TPSA) is 144 Å². The molecule has 3 amide bonds. The summed E-state index contributed by atoms with van der Waals surface area (Å²) < 4.78 is 7.56. The number of primary amides is 1. The number of benzene rings is 1. The molecule has 0 radical (unpaired) electrons. The molecule has 2 aliphatic rings. The van der Waals surface area contributed by atoms with Crippen molar-refractivity contribution in [2.75, 3.05) is 63.2 Å². The highest BCUT2D eigenvalue weighted by atomic mass is 16.5. The Kier molecular flexibility index (Phi) is 6.96. The predicted molar refractivity (Wildman–Crippen MR) is 136 cm³/mol. The molecule has 3 aromatic rings. The molecule has 36 heavy (non-hydrogen) atoms. The Bertz CT molecular complexity index is 1230. The van der Waals surface area contributed by atoms with Gasteiger partial charge in [0.1, 0.15) is 5.82 Å². The smallest absolute Gasteiger partial charge is 0.318 e. The lowest BCUT2D eigenvalue weighted by Crippen LogP contribution is -2.40. The molecule has 2 aromatic heterocycles. The van der Waals surface area contributed by atoms with Crippen molar-refractivity contribution < 1.29 is 14.3 Å². The van der Waals surface area contributed by atoms with E-state index in [4.69, 9.17) is 25.5 Å². The zero-order valence-electron chi connectivity index (χ0n) is 20.3. The van der Waals surface area contributed by atoms with Gasteiger partial charge < -0.3 is 26.0 Å². The van der Waals surface area contributed by atoms with Gasteiger partial charge in [0.05, 0.1) is 37.4 Å². The molecule has 4 heterocycles. The van der Waals surface area contributed by atoms with Gasteiger partial charge in [-0.15, -0.1) is 0 Å². The summed E-state index contributed by atoms with van der Waals surface area (Å²) in [6, 6.07) is 7.36. The number of amides is 3. The summed E-state index contributed by atoms with van der Waals surface area (Å²) in [5.74, 6) is 1.15. The summed E-state index contributed by atoms with van der Waals surface area (Å²) in [6.45, 7) is 4.63. The number of hydrogen-bond acceptors (Lipinski definition) is 8. The van der Waals surface area contributed by atoms with Gasteiger partial charge in [-0.25, -0.2) is 19.4 Å². The van der Waals surface area contributed by atoms with E-state index in [9.17, 15) is 9.59 Å². The highest BCUT2D eigenvalue weighted by Crippen LogP contribution is 2.32. The number of nitrogens with two attached hydrogens (primary N) is 1. The van der Waals surface area contributed by atoms with Gasteiger partial charge in [0.2, 0.25) is 5.91 Å². The molecular weight excluding hydrogens is 462 g/mol. The molecule has 2 fully saturated rings. The first-order chi connectivity index (χ1) is 17.5. The van der Waals surface area contributed by atoms with Crippen LogP contribution in [0.1, 0.15) is 18.9 Å². The van der Waals surface area contributed by atoms with Crippen molar-refractivity contribution in [3.8, 4) is 11.4 Å². The van der Waals surface area contributed by atoms with Crippen LogP contribution in [0.3, 0.4) is 0 Å². The van der Waals surface area contributed by atoms with Crippen LogP contribution in [-0.2, 0) is 9.53 Å². The van der Waals surface area contributed by atoms with E-state index >= 15 is 0 Å². The SMILES string of the molecule is CNC(=O)Nc1ccc(-c2nc(N3CCOCC3)c3cnn(C4CCN(CC(N)=O)CC4)c3n2)cc1. The number of ether oxygens (including phenoxy) is 1. The monoisotopic (exact) mass is 493 g/mol. The maximum Gasteiger partial charge on any atom is 0.318 e. The molecule has 2 aliphatic heterocycles. The summed E-state index contributed by atoms with van der Waals surface area (Å²) in [7, 11) is 1.57. The summed E-state index contributed by atoms with van der Waals surface area (Å²) >= 11 is 0. The molecule has 5 rings (SSSR count). The number of nitrogens with zero attached hydrogens (tertiary/aromatic N) is 6. The van der Waals surface area contributed by atoms with Crippen LogP contribution in [0.25, 0.3) is 22.4 Å². The fraction of sp³-hybridized carbons (Fsp3) is 0.458. The van der Waals surface area contributed by atoms with E-state index in [0.29, 0.717) is 24.7 Å². The Labute approximate surface area is 208 Å². The largest absolute Gasteiger partial charge is 0.378 e. The van der Waals surface area contributed by atoms with Crippen LogP contribution in [0.2, 0.25) is 0 Å². The fourth-order valence-corrected chi connectivity index (χ4v) is 4.76. The van der Waals surface area contributed by atoms with E-state index in [-0.39, 0.29) is 24.5 Å². The van der Waals surface area contributed by atoms with Gasteiger partial charge in [-0.2, -0.15) is 5.10 Å². The molecule has 0 saturated carbocycles. The quantitative estimate of drug-likeness (QED) is 0.465. The number of rotatable bonds is 6. The second-order valence-electron chi connectivity index (χ2n) is 9.05. The second-order valence-corrected chi connectivity index (χ2v) is 9.05. The van der Waals surface area contributed by atoms with Crippen molar-refractivity contribution >= 4 is 34.5 Å². The summed E-state index contributed by atoms with van der Waals surface area (Å²) in [5.41, 5.74) is 7.69. The van der Waals surface area contributed by atoms with E-state index < -0.39 is 0 Å². The summed E-state index contributed by atoms with van der Waals surface area (Å²) in [6.07, 6.45) is 3.57. The second kappa shape index (κ2) is 10.5. The molecule has 12 nitrogen and oxygen atoms in total. The summed E-state index contributed by atoms with van der Waals surface area (Å²) in [5, 5.41) is 11.0. The van der Waals surface area contributed by atoms with Crippen LogP contribution in [0.4, 0.5) is 16.3 Å². The number of piperidine rings is 1. The molecule has 0 aliphatic carbocycles. The number of nitrogens with one attached hydrogen (secondary N) is 2. The molecule has 190 valence electrons. The molecule has 0 atom stereocenters. The third kappa shape index (κ3) is 5.09. The maximum absolute atomic E-state index is 11.6. The van der Waals surface area contributed by atoms with Crippen molar-refractivity contribution in [3.05, 3.63) is 30.5 Å². The number of fused-ring (bicyclic) bond motifs is 1. The number of aromatic nitrogens is 4. The fourth-order valence-electron chi connectivity index (χ4n) is 4.76. The molecule has 0 bridgehead atoms. The van der Waals surface area contributed by atoms with Crippen molar-refractivity contribution in [3.63, 3.8) is 0 Å². The van der Waals surface area contributed by atoms with Crippen LogP contribution in [-0.4, -0.2) is 89.6 Å². The zero-order chi connectivity index (χ0) is 25.1. The number of hydrogen-bond donors (Lipinski definition) is 3. The van der Waals surface area contributed by atoms with Gasteiger partial charge in [-0.3, -0.25) is 9.69 Å². The predicted octanol–water partition coefficient (Wildman–Crippen LogP) is 1.20. The Hall–Kier alpha value is -3.77. The average molecular weight is 494 g/mol. The van der Waals surface area contributed by atoms with Crippen LogP contribution in [0, 0.1) is 0 Å². The lowest BCUT2D eigenvalue weighted by atomic mass is 10.1. The molecule has 12 heteroatoms. The van der Waals surface area contributed by atoms with E-state index in [1.165, 1.54) is 0 Å². The van der Waals surface area contributed by atoms with Crippen LogP contribution in [0.5, 0.6) is 0 Å². The molecule has 2 saturated heterocycles. The Morgan fingerprint density at radius 3 is 2.47 bits per heavy atom. The van der Waals surface area contributed by atoms with Gasteiger partial charge in [0.15, 0.2) is 11.5 Å². The van der Waals surface area contributed by atoms with E-state index in [1.54, 1.807) is 7.05 Å². The summed E-state index contributed by atoms with van der Waals surface area (Å²) in [4.78, 5) is 37.2. The standard InChI is InChI=1S/C24H31N9O3/c1-26-24(35)28-17-4-2-16(3-5-17)21-29-22(32-10-12-36-13-11-32)19-14-27-33(23(19)30-21)18-6-8-31(9-7-18)15-20(25)34/h2-5,14,18H,6-13,15H2,1H3,(H2,25,34)(H2,26,28,35). The number of carbonyl (C=O) groups is 2. The normalized spacial score (nSPS) is 17.3. The van der Waals surface area contributed by atoms with Crippen LogP contribution < -0.4 is 21.3 Å². The van der Waals surface area contributed by atoms with E-state index in [2.05, 4.69) is 20.4 Å². The highest BCUT2D eigenvalue weighted by molar-refractivity contribution is 5.90. The maximum atomic E-state index is 11.6. The number of carbonyl (C=O) groups excluding carboxylic acids is 2. The third-order valence-electron chi connectivity index (χ3n) is 6.65. The van der Waals surface area contributed by atoms with Crippen molar-refractivity contribution in [2.45, 2.75) is 18.9 Å². The lowest BCUT2D eigenvalue weighted by molar-refractivity contribution is -0.119. The van der Waals surface area contributed by atoms with Gasteiger partial charge in [0, 0.05) is 44.5 Å². The number of likely N-dealkylation sites (tertiary alicyclic amines) is 1. The molecular formula is C24H31N9O3. The molecule has 1 aromatic carbocycles. The van der Waals surface area contributed by atoms with Crippen LogP contribution >= 0.6 is 0 Å². The van der Waals surface area contributed by atoms with Gasteiger partial charge in [0.25, 0.3) is 0 Å². The lowest BCUT2D eigenvalue weighted by Gasteiger charge is -2.31. The minimum Gasteiger partial charge on any atom is -0.378 e. The van der Waals surface area contributed by atoms with Gasteiger partial charge >= 0.3 is 6.03 Å². The first-order valence-electron chi connectivity index (χ1n) is 12.2. The van der Waals surface area contributed by atoms with Crippen LogP contribution in [0.15, 0.2) is 30.5 Å². The van der Waals surface area contributed by atoms with E-state index in [0.717, 1.165) is 61.4 Å².